The summed E-state index contributed by atoms with van der Waals surface area (Å²) in [5.41, 5.74) is 6.73. The standard InChI is InChI=1S/C14H19N5O/c15-14(18-20)11-13(12-5-2-1-3-6-12)16-8-10-19-9-4-7-17-19/h1-7,9,13,16,20H,8,10-11H2,(H2,15,18). The molecule has 0 spiro atoms. The number of benzene rings is 1. The van der Waals surface area contributed by atoms with Crippen LogP contribution in [0.4, 0.5) is 0 Å². The van der Waals surface area contributed by atoms with Gasteiger partial charge in [-0.25, -0.2) is 0 Å². The van der Waals surface area contributed by atoms with Gasteiger partial charge < -0.3 is 16.3 Å². The molecule has 4 N–H and O–H groups in total. The Kier molecular flexibility index (Phi) is 5.14. The van der Waals surface area contributed by atoms with Crippen molar-refractivity contribution < 1.29 is 5.21 Å². The van der Waals surface area contributed by atoms with Gasteiger partial charge in [-0.1, -0.05) is 35.5 Å². The molecule has 6 heteroatoms. The molecule has 0 amide bonds. The van der Waals surface area contributed by atoms with Crippen molar-refractivity contribution in [3.05, 3.63) is 54.4 Å². The summed E-state index contributed by atoms with van der Waals surface area (Å²) >= 11 is 0. The highest BCUT2D eigenvalue weighted by molar-refractivity contribution is 5.80. The molecule has 0 aliphatic rings. The van der Waals surface area contributed by atoms with E-state index >= 15 is 0 Å². The fraction of sp³-hybridized carbons (Fsp3) is 0.286. The quantitative estimate of drug-likeness (QED) is 0.307. The maximum Gasteiger partial charge on any atom is 0.141 e. The van der Waals surface area contributed by atoms with Crippen LogP contribution in [0.1, 0.15) is 18.0 Å². The Morgan fingerprint density at radius 1 is 1.35 bits per heavy atom. The summed E-state index contributed by atoms with van der Waals surface area (Å²) in [5, 5.41) is 19.3. The molecule has 0 fully saturated rings. The molecule has 1 atom stereocenters. The summed E-state index contributed by atoms with van der Waals surface area (Å²) in [5.74, 6) is 0.213. The highest BCUT2D eigenvalue weighted by Gasteiger charge is 2.12. The van der Waals surface area contributed by atoms with Gasteiger partial charge in [0.1, 0.15) is 5.84 Å². The molecule has 2 aromatic rings. The molecule has 0 saturated carbocycles. The Balaban J connectivity index is 1.95. The van der Waals surface area contributed by atoms with Gasteiger partial charge in [-0.05, 0) is 11.6 Å². The number of rotatable bonds is 7. The van der Waals surface area contributed by atoms with Gasteiger partial charge in [-0.2, -0.15) is 5.10 Å². The zero-order chi connectivity index (χ0) is 14.2. The minimum absolute atomic E-state index is 0.0164. The zero-order valence-corrected chi connectivity index (χ0v) is 11.2. The van der Waals surface area contributed by atoms with Crippen LogP contribution in [-0.2, 0) is 6.54 Å². The molecule has 20 heavy (non-hydrogen) atoms. The minimum Gasteiger partial charge on any atom is -0.409 e. The third-order valence-electron chi connectivity index (χ3n) is 3.03. The lowest BCUT2D eigenvalue weighted by Crippen LogP contribution is -2.29. The number of nitrogens with zero attached hydrogens (tertiary/aromatic N) is 3. The highest BCUT2D eigenvalue weighted by atomic mass is 16.4. The predicted octanol–water partition coefficient (Wildman–Crippen LogP) is 1.35. The van der Waals surface area contributed by atoms with Crippen LogP contribution < -0.4 is 11.1 Å². The van der Waals surface area contributed by atoms with E-state index < -0.39 is 0 Å². The maximum atomic E-state index is 8.73. The van der Waals surface area contributed by atoms with Gasteiger partial charge in [0, 0.05) is 31.4 Å². The van der Waals surface area contributed by atoms with Crippen molar-refractivity contribution in [2.45, 2.75) is 19.0 Å². The molecule has 106 valence electrons. The van der Waals surface area contributed by atoms with Crippen LogP contribution in [-0.4, -0.2) is 27.4 Å². The highest BCUT2D eigenvalue weighted by Crippen LogP contribution is 2.16. The number of hydrogen-bond acceptors (Lipinski definition) is 4. The van der Waals surface area contributed by atoms with E-state index in [2.05, 4.69) is 15.6 Å². The lowest BCUT2D eigenvalue weighted by atomic mass is 10.0. The smallest absolute Gasteiger partial charge is 0.141 e. The van der Waals surface area contributed by atoms with Crippen LogP contribution in [0.2, 0.25) is 0 Å². The second-order valence-electron chi connectivity index (χ2n) is 4.48. The average molecular weight is 273 g/mol. The number of oxime groups is 1. The number of nitrogens with one attached hydrogen (secondary N) is 1. The van der Waals surface area contributed by atoms with Crippen LogP contribution in [0.3, 0.4) is 0 Å². The van der Waals surface area contributed by atoms with E-state index in [-0.39, 0.29) is 11.9 Å². The van der Waals surface area contributed by atoms with E-state index in [1.165, 1.54) is 0 Å². The van der Waals surface area contributed by atoms with Gasteiger partial charge >= 0.3 is 0 Å². The van der Waals surface area contributed by atoms with Gasteiger partial charge in [-0.3, -0.25) is 4.68 Å². The number of aromatic nitrogens is 2. The monoisotopic (exact) mass is 273 g/mol. The Morgan fingerprint density at radius 2 is 2.15 bits per heavy atom. The molecule has 0 radical (unpaired) electrons. The van der Waals surface area contributed by atoms with Crippen LogP contribution in [0, 0.1) is 0 Å². The third kappa shape index (κ3) is 4.10. The van der Waals surface area contributed by atoms with E-state index in [4.69, 9.17) is 10.9 Å². The largest absolute Gasteiger partial charge is 0.409 e. The Bertz CT molecular complexity index is 524. The number of hydrogen-bond donors (Lipinski definition) is 3. The topological polar surface area (TPSA) is 88.5 Å². The van der Waals surface area contributed by atoms with Crippen LogP contribution in [0.25, 0.3) is 0 Å². The van der Waals surface area contributed by atoms with Gasteiger partial charge in [0.05, 0.1) is 6.54 Å². The predicted molar refractivity (Wildman–Crippen MR) is 77.4 cm³/mol. The summed E-state index contributed by atoms with van der Waals surface area (Å²) in [4.78, 5) is 0. The molecule has 1 aromatic heterocycles. The van der Waals surface area contributed by atoms with Crippen molar-refractivity contribution in [2.24, 2.45) is 10.9 Å². The zero-order valence-electron chi connectivity index (χ0n) is 11.2. The molecule has 1 heterocycles. The first-order valence-corrected chi connectivity index (χ1v) is 6.51. The Labute approximate surface area is 117 Å². The van der Waals surface area contributed by atoms with E-state index in [0.717, 1.165) is 18.7 Å². The summed E-state index contributed by atoms with van der Waals surface area (Å²) in [7, 11) is 0. The summed E-state index contributed by atoms with van der Waals surface area (Å²) in [6.45, 7) is 1.52. The molecule has 0 aliphatic carbocycles. The lowest BCUT2D eigenvalue weighted by molar-refractivity contribution is 0.315. The van der Waals surface area contributed by atoms with Crippen LogP contribution in [0.5, 0.6) is 0 Å². The van der Waals surface area contributed by atoms with Crippen molar-refractivity contribution in [3.8, 4) is 0 Å². The fourth-order valence-electron chi connectivity index (χ4n) is 2.03. The van der Waals surface area contributed by atoms with Crippen molar-refractivity contribution in [3.63, 3.8) is 0 Å². The van der Waals surface area contributed by atoms with Crippen molar-refractivity contribution >= 4 is 5.84 Å². The minimum atomic E-state index is 0.0164. The molecule has 0 saturated heterocycles. The molecular weight excluding hydrogens is 254 g/mol. The first kappa shape index (κ1) is 14.1. The molecule has 0 aliphatic heterocycles. The second kappa shape index (κ2) is 7.30. The average Bonchev–Trinajstić information content (AvgIpc) is 3.00. The Morgan fingerprint density at radius 3 is 2.80 bits per heavy atom. The van der Waals surface area contributed by atoms with Crippen molar-refractivity contribution in [1.82, 2.24) is 15.1 Å². The first-order valence-electron chi connectivity index (χ1n) is 6.51. The van der Waals surface area contributed by atoms with Gasteiger partial charge in [0.15, 0.2) is 0 Å². The van der Waals surface area contributed by atoms with Crippen LogP contribution >= 0.6 is 0 Å². The van der Waals surface area contributed by atoms with E-state index in [1.807, 2.05) is 47.3 Å². The van der Waals surface area contributed by atoms with Gasteiger partial charge in [0.2, 0.25) is 0 Å². The van der Waals surface area contributed by atoms with E-state index in [1.54, 1.807) is 6.20 Å². The molecule has 6 nitrogen and oxygen atoms in total. The second-order valence-corrected chi connectivity index (χ2v) is 4.48. The van der Waals surface area contributed by atoms with Gasteiger partial charge in [-0.15, -0.1) is 0 Å². The molecule has 0 bridgehead atoms. The fourth-order valence-corrected chi connectivity index (χ4v) is 2.03. The number of amidine groups is 1. The van der Waals surface area contributed by atoms with E-state index in [9.17, 15) is 0 Å². The SMILES string of the molecule is NC(CC(NCCn1cccn1)c1ccccc1)=NO. The third-order valence-corrected chi connectivity index (χ3v) is 3.03. The summed E-state index contributed by atoms with van der Waals surface area (Å²) < 4.78 is 1.86. The maximum absolute atomic E-state index is 8.73. The first-order chi connectivity index (χ1) is 9.79. The van der Waals surface area contributed by atoms with E-state index in [0.29, 0.717) is 6.42 Å². The lowest BCUT2D eigenvalue weighted by Gasteiger charge is -2.18. The number of nitrogens with two attached hydrogens (primary N) is 1. The van der Waals surface area contributed by atoms with Crippen molar-refractivity contribution in [1.29, 1.82) is 0 Å². The Hall–Kier alpha value is -2.34. The molecule has 1 aromatic carbocycles. The van der Waals surface area contributed by atoms with Gasteiger partial charge in [0.25, 0.3) is 0 Å². The van der Waals surface area contributed by atoms with Crippen LogP contribution in [0.15, 0.2) is 53.9 Å². The normalized spacial score (nSPS) is 13.3. The molecule has 1 unspecified atom stereocenters. The molecule has 2 rings (SSSR count). The summed E-state index contributed by atoms with van der Waals surface area (Å²) in [6.07, 6.45) is 4.13. The summed E-state index contributed by atoms with van der Waals surface area (Å²) in [6, 6.07) is 11.9. The molecular formula is C14H19N5O. The van der Waals surface area contributed by atoms with Crippen molar-refractivity contribution in [2.75, 3.05) is 6.54 Å².